The lowest BCUT2D eigenvalue weighted by Crippen LogP contribution is -2.40. The van der Waals surface area contributed by atoms with Crippen LogP contribution in [0, 0.1) is 0 Å². The molecule has 0 saturated carbocycles. The van der Waals surface area contributed by atoms with Crippen LogP contribution >= 0.6 is 34.7 Å². The highest BCUT2D eigenvalue weighted by Crippen LogP contribution is 2.32. The van der Waals surface area contributed by atoms with E-state index in [0.717, 1.165) is 10.5 Å². The second-order valence-corrected chi connectivity index (χ2v) is 11.8. The Morgan fingerprint density at radius 3 is 2.55 bits per heavy atom. The van der Waals surface area contributed by atoms with Crippen LogP contribution in [0.4, 0.5) is 0 Å². The Labute approximate surface area is 244 Å². The number of allylic oxidation sites excluding steroid dienone is 1. The average Bonchev–Trinajstić information content (AvgIpc) is 3.48. The van der Waals surface area contributed by atoms with Crippen molar-refractivity contribution in [2.24, 2.45) is 4.99 Å². The molecule has 1 atom stereocenters. The van der Waals surface area contributed by atoms with Crippen molar-refractivity contribution in [1.29, 1.82) is 0 Å². The van der Waals surface area contributed by atoms with Crippen molar-refractivity contribution in [3.63, 3.8) is 0 Å². The van der Waals surface area contributed by atoms with Crippen molar-refractivity contribution in [2.45, 2.75) is 49.8 Å². The first-order valence-corrected chi connectivity index (χ1v) is 14.7. The number of esters is 1. The van der Waals surface area contributed by atoms with E-state index in [4.69, 9.17) is 25.5 Å². The lowest BCUT2D eigenvalue weighted by molar-refractivity contribution is -0.143. The summed E-state index contributed by atoms with van der Waals surface area (Å²) in [6, 6.07) is 17.8. The summed E-state index contributed by atoms with van der Waals surface area (Å²) in [6.07, 6.45) is 1.38. The molecule has 2 aromatic carbocycles. The highest BCUT2D eigenvalue weighted by Gasteiger charge is 2.33. The molecule has 0 aliphatic carbocycles. The van der Waals surface area contributed by atoms with Gasteiger partial charge in [-0.2, -0.15) is 0 Å². The molecule has 1 aliphatic heterocycles. The summed E-state index contributed by atoms with van der Waals surface area (Å²) in [7, 11) is 0. The number of benzene rings is 2. The molecule has 0 fully saturated rings. The third-order valence-electron chi connectivity index (χ3n) is 6.00. The fraction of sp³-hybridized carbons (Fsp3) is 0.233. The minimum absolute atomic E-state index is 0.270. The van der Waals surface area contributed by atoms with Gasteiger partial charge in [0.1, 0.15) is 11.5 Å². The maximum atomic E-state index is 13.8. The van der Waals surface area contributed by atoms with Crippen molar-refractivity contribution in [2.75, 3.05) is 6.61 Å². The molecular formula is C30H27ClN2O5S2. The first-order chi connectivity index (χ1) is 19.2. The topological polar surface area (TPSA) is 83.0 Å². The van der Waals surface area contributed by atoms with E-state index in [1.807, 2.05) is 67.6 Å². The normalized spacial score (nSPS) is 15.2. The lowest BCUT2D eigenvalue weighted by Gasteiger charge is -2.25. The van der Waals surface area contributed by atoms with E-state index in [2.05, 4.69) is 4.99 Å². The van der Waals surface area contributed by atoms with Gasteiger partial charge in [-0.15, -0.1) is 0 Å². The quantitative estimate of drug-likeness (QED) is 0.233. The molecule has 4 aromatic rings. The molecule has 5 rings (SSSR count). The van der Waals surface area contributed by atoms with Gasteiger partial charge in [0.25, 0.3) is 5.56 Å². The molecule has 0 amide bonds. The SMILES string of the molecule is CCOc1ccc([C@@H]2C(C(=O)OC(C)C)=C(C)N=c3s/c(=C/c4ccc(Sc5ccc(Cl)cc5)o4)c(=O)n32)cc1. The maximum absolute atomic E-state index is 13.8. The highest BCUT2D eigenvalue weighted by molar-refractivity contribution is 7.99. The third-order valence-corrected chi connectivity index (χ3v) is 8.16. The predicted octanol–water partition coefficient (Wildman–Crippen LogP) is 5.98. The van der Waals surface area contributed by atoms with Gasteiger partial charge in [0.15, 0.2) is 9.89 Å². The molecule has 40 heavy (non-hydrogen) atoms. The van der Waals surface area contributed by atoms with Crippen LogP contribution in [0.3, 0.4) is 0 Å². The summed E-state index contributed by atoms with van der Waals surface area (Å²) in [5.41, 5.74) is 1.32. The molecule has 2 aromatic heterocycles. The van der Waals surface area contributed by atoms with Crippen molar-refractivity contribution in [3.8, 4) is 5.75 Å². The van der Waals surface area contributed by atoms with Crippen LogP contribution in [0.25, 0.3) is 6.08 Å². The van der Waals surface area contributed by atoms with Crippen molar-refractivity contribution in [3.05, 3.63) is 108 Å². The van der Waals surface area contributed by atoms with Gasteiger partial charge in [0.05, 0.1) is 34.6 Å². The molecular weight excluding hydrogens is 568 g/mol. The summed E-state index contributed by atoms with van der Waals surface area (Å²) in [5, 5.41) is 1.35. The van der Waals surface area contributed by atoms with E-state index >= 15 is 0 Å². The molecule has 10 heteroatoms. The van der Waals surface area contributed by atoms with E-state index < -0.39 is 12.0 Å². The van der Waals surface area contributed by atoms with E-state index in [1.165, 1.54) is 23.1 Å². The number of carbonyl (C=O) groups excluding carboxylic acids is 1. The van der Waals surface area contributed by atoms with E-state index in [1.54, 1.807) is 31.4 Å². The summed E-state index contributed by atoms with van der Waals surface area (Å²) >= 11 is 8.69. The Balaban J connectivity index is 1.56. The highest BCUT2D eigenvalue weighted by atomic mass is 35.5. The second kappa shape index (κ2) is 11.9. The zero-order valence-corrected chi connectivity index (χ0v) is 24.7. The third kappa shape index (κ3) is 5.96. The summed E-state index contributed by atoms with van der Waals surface area (Å²) in [6.45, 7) is 7.79. The molecule has 0 spiro atoms. The molecule has 7 nitrogen and oxygen atoms in total. The fourth-order valence-corrected chi connectivity index (χ4v) is 6.23. The first-order valence-electron chi connectivity index (χ1n) is 12.7. The Bertz CT molecular complexity index is 1750. The number of rotatable bonds is 8. The molecule has 0 bridgehead atoms. The van der Waals surface area contributed by atoms with Gasteiger partial charge in [-0.3, -0.25) is 9.36 Å². The number of nitrogens with zero attached hydrogens (tertiary/aromatic N) is 2. The second-order valence-electron chi connectivity index (χ2n) is 9.25. The van der Waals surface area contributed by atoms with Crippen LogP contribution < -0.4 is 19.6 Å². The molecule has 0 N–H and O–H groups in total. The Hall–Kier alpha value is -3.53. The largest absolute Gasteiger partial charge is 0.494 e. The van der Waals surface area contributed by atoms with Crippen LogP contribution in [0.15, 0.2) is 96.1 Å². The first kappa shape index (κ1) is 28.0. The monoisotopic (exact) mass is 594 g/mol. The van der Waals surface area contributed by atoms with Crippen LogP contribution in [-0.4, -0.2) is 23.2 Å². The van der Waals surface area contributed by atoms with E-state index in [-0.39, 0.29) is 11.7 Å². The van der Waals surface area contributed by atoms with Gasteiger partial charge in [0, 0.05) is 16.0 Å². The van der Waals surface area contributed by atoms with Gasteiger partial charge in [0.2, 0.25) is 0 Å². The van der Waals surface area contributed by atoms with E-state index in [0.29, 0.717) is 48.8 Å². The summed E-state index contributed by atoms with van der Waals surface area (Å²) in [4.78, 5) is 33.2. The van der Waals surface area contributed by atoms with Crippen molar-refractivity contribution in [1.82, 2.24) is 4.57 Å². The Morgan fingerprint density at radius 1 is 1.15 bits per heavy atom. The zero-order valence-electron chi connectivity index (χ0n) is 22.3. The number of fused-ring (bicyclic) bond motifs is 1. The number of carbonyl (C=O) groups is 1. The number of thiazole rings is 1. The van der Waals surface area contributed by atoms with Gasteiger partial charge in [-0.25, -0.2) is 9.79 Å². The lowest BCUT2D eigenvalue weighted by atomic mass is 9.96. The van der Waals surface area contributed by atoms with Gasteiger partial charge >= 0.3 is 5.97 Å². The number of hydrogen-bond acceptors (Lipinski definition) is 8. The number of aromatic nitrogens is 1. The van der Waals surface area contributed by atoms with Crippen LogP contribution in [0.2, 0.25) is 5.02 Å². The van der Waals surface area contributed by atoms with Gasteiger partial charge in [-0.05, 0) is 81.8 Å². The van der Waals surface area contributed by atoms with Crippen molar-refractivity contribution >= 4 is 46.7 Å². The minimum atomic E-state index is -0.701. The van der Waals surface area contributed by atoms with Crippen molar-refractivity contribution < 1.29 is 18.7 Å². The number of furan rings is 1. The summed E-state index contributed by atoms with van der Waals surface area (Å²) < 4.78 is 19.1. The number of ether oxygens (including phenoxy) is 2. The van der Waals surface area contributed by atoms with Gasteiger partial charge < -0.3 is 13.9 Å². The average molecular weight is 595 g/mol. The smallest absolute Gasteiger partial charge is 0.338 e. The minimum Gasteiger partial charge on any atom is -0.494 e. The Morgan fingerprint density at radius 2 is 1.88 bits per heavy atom. The number of halogens is 1. The molecule has 1 aliphatic rings. The standard InChI is InChI=1S/C30H27ClN2O5S2/c1-5-36-21-10-6-19(7-11-21)27-26(29(35)37-17(2)3)18(4)32-30-33(27)28(34)24(40-30)16-22-12-15-25(38-22)39-23-13-8-20(31)9-14-23/h6-17,27H,5H2,1-4H3/b24-16+/t27-/m1/s1. The molecule has 0 radical (unpaired) electrons. The van der Waals surface area contributed by atoms with Crippen LogP contribution in [-0.2, 0) is 9.53 Å². The molecule has 0 saturated heterocycles. The molecule has 3 heterocycles. The number of hydrogen-bond donors (Lipinski definition) is 0. The Kier molecular flexibility index (Phi) is 8.35. The predicted molar refractivity (Wildman–Crippen MR) is 157 cm³/mol. The maximum Gasteiger partial charge on any atom is 0.338 e. The van der Waals surface area contributed by atoms with E-state index in [9.17, 15) is 9.59 Å². The molecule has 0 unspecified atom stereocenters. The summed E-state index contributed by atoms with van der Waals surface area (Å²) in [5.74, 6) is 0.740. The van der Waals surface area contributed by atoms with Gasteiger partial charge in [-0.1, -0.05) is 46.8 Å². The zero-order chi connectivity index (χ0) is 28.4. The van der Waals surface area contributed by atoms with Crippen LogP contribution in [0.1, 0.15) is 45.1 Å². The van der Waals surface area contributed by atoms with Crippen LogP contribution in [0.5, 0.6) is 5.75 Å². The fourth-order valence-electron chi connectivity index (χ4n) is 4.30. The molecule has 206 valence electrons.